The van der Waals surface area contributed by atoms with Crippen LogP contribution in [0, 0.1) is 0 Å². The summed E-state index contributed by atoms with van der Waals surface area (Å²) in [6.45, 7) is 1.50. The lowest BCUT2D eigenvalue weighted by molar-refractivity contribution is 0.100. The van der Waals surface area contributed by atoms with Crippen LogP contribution in [0.2, 0.25) is 0 Å². The van der Waals surface area contributed by atoms with E-state index in [2.05, 4.69) is 10.2 Å². The normalized spacial score (nSPS) is 12.5. The Labute approximate surface area is 124 Å². The number of carbonyl (C=O) groups is 1. The Morgan fingerprint density at radius 3 is 2.52 bits per heavy atom. The van der Waals surface area contributed by atoms with Crippen LogP contribution in [0.3, 0.4) is 0 Å². The molecule has 0 aliphatic heterocycles. The van der Waals surface area contributed by atoms with Crippen LogP contribution in [0.4, 0.5) is 0 Å². The average Bonchev–Trinajstić information content (AvgIpc) is 2.97. The number of amides is 1. The molecule has 1 heterocycles. The third-order valence-corrected chi connectivity index (χ3v) is 3.40. The van der Waals surface area contributed by atoms with Crippen molar-refractivity contribution in [3.8, 4) is 0 Å². The van der Waals surface area contributed by atoms with E-state index in [0.717, 1.165) is 24.4 Å². The summed E-state index contributed by atoms with van der Waals surface area (Å²) in [5.74, 6) is 0.538. The van der Waals surface area contributed by atoms with Gasteiger partial charge in [-0.25, -0.2) is 0 Å². The van der Waals surface area contributed by atoms with Crippen molar-refractivity contribution in [3.63, 3.8) is 0 Å². The monoisotopic (exact) mass is 287 g/mol. The number of hydrogen-bond donors (Lipinski definition) is 2. The number of nitrogens with zero attached hydrogens (tertiary/aromatic N) is 1. The topological polar surface area (TPSA) is 71.5 Å². The zero-order chi connectivity index (χ0) is 15.2. The first-order valence-corrected chi connectivity index (χ1v) is 6.87. The van der Waals surface area contributed by atoms with Crippen molar-refractivity contribution in [2.45, 2.75) is 12.6 Å². The third kappa shape index (κ3) is 4.18. The first-order valence-electron chi connectivity index (χ1n) is 6.87. The van der Waals surface area contributed by atoms with Gasteiger partial charge in [-0.2, -0.15) is 0 Å². The third-order valence-electron chi connectivity index (χ3n) is 3.40. The number of likely N-dealkylation sites (N-methyl/N-ethyl adjacent to an activating group) is 1. The van der Waals surface area contributed by atoms with Crippen molar-refractivity contribution >= 4 is 5.91 Å². The number of nitrogens with two attached hydrogens (primary N) is 1. The fourth-order valence-corrected chi connectivity index (χ4v) is 2.16. The minimum atomic E-state index is -0.403. The molecule has 3 N–H and O–H groups in total. The van der Waals surface area contributed by atoms with Gasteiger partial charge in [-0.1, -0.05) is 12.1 Å². The number of nitrogens with one attached hydrogen (secondary N) is 1. The van der Waals surface area contributed by atoms with Crippen LogP contribution in [0.1, 0.15) is 27.7 Å². The molecule has 5 nitrogen and oxygen atoms in total. The lowest BCUT2D eigenvalue weighted by atomic mass is 10.1. The molecule has 0 bridgehead atoms. The Balaban J connectivity index is 1.89. The van der Waals surface area contributed by atoms with Crippen LogP contribution in [0.25, 0.3) is 0 Å². The summed E-state index contributed by atoms with van der Waals surface area (Å²) in [6, 6.07) is 11.4. The minimum absolute atomic E-state index is 0.185. The van der Waals surface area contributed by atoms with E-state index in [-0.39, 0.29) is 6.04 Å². The molecule has 2 aromatic rings. The maximum Gasteiger partial charge on any atom is 0.248 e. The lowest BCUT2D eigenvalue weighted by Gasteiger charge is -2.22. The number of furan rings is 1. The van der Waals surface area contributed by atoms with Gasteiger partial charge >= 0.3 is 0 Å². The van der Waals surface area contributed by atoms with E-state index < -0.39 is 5.91 Å². The van der Waals surface area contributed by atoms with Gasteiger partial charge < -0.3 is 15.5 Å². The molecular weight excluding hydrogens is 266 g/mol. The van der Waals surface area contributed by atoms with E-state index in [1.807, 2.05) is 38.4 Å². The Morgan fingerprint density at radius 2 is 2.00 bits per heavy atom. The fourth-order valence-electron chi connectivity index (χ4n) is 2.16. The average molecular weight is 287 g/mol. The quantitative estimate of drug-likeness (QED) is 0.814. The number of primary amides is 1. The predicted octanol–water partition coefficient (Wildman–Crippen LogP) is 1.77. The highest BCUT2D eigenvalue weighted by molar-refractivity contribution is 5.92. The number of hydrogen-bond acceptors (Lipinski definition) is 4. The number of benzene rings is 1. The minimum Gasteiger partial charge on any atom is -0.468 e. The van der Waals surface area contributed by atoms with E-state index >= 15 is 0 Å². The summed E-state index contributed by atoms with van der Waals surface area (Å²) in [5.41, 5.74) is 6.86. The van der Waals surface area contributed by atoms with Gasteiger partial charge in [0.2, 0.25) is 5.91 Å². The molecule has 0 spiro atoms. The SMILES string of the molecule is CN(C)C(CNCc1ccc(C(N)=O)cc1)c1ccco1. The molecule has 1 aromatic heterocycles. The van der Waals surface area contributed by atoms with Crippen LogP contribution in [0.5, 0.6) is 0 Å². The summed E-state index contributed by atoms with van der Waals surface area (Å²) in [7, 11) is 4.05. The molecule has 1 unspecified atom stereocenters. The predicted molar refractivity (Wildman–Crippen MR) is 81.8 cm³/mol. The molecule has 0 saturated heterocycles. The second-order valence-corrected chi connectivity index (χ2v) is 5.19. The van der Waals surface area contributed by atoms with E-state index in [0.29, 0.717) is 5.56 Å². The molecule has 0 saturated carbocycles. The number of carbonyl (C=O) groups excluding carboxylic acids is 1. The first-order chi connectivity index (χ1) is 10.1. The smallest absolute Gasteiger partial charge is 0.248 e. The summed E-state index contributed by atoms with van der Waals surface area (Å²) < 4.78 is 5.47. The Morgan fingerprint density at radius 1 is 1.29 bits per heavy atom. The molecule has 0 radical (unpaired) electrons. The van der Waals surface area contributed by atoms with Gasteiger partial charge in [0.15, 0.2) is 0 Å². The molecule has 1 aromatic carbocycles. The molecule has 0 aliphatic carbocycles. The summed E-state index contributed by atoms with van der Waals surface area (Å²) in [6.07, 6.45) is 1.69. The van der Waals surface area contributed by atoms with Gasteiger partial charge in [0.05, 0.1) is 12.3 Å². The summed E-state index contributed by atoms with van der Waals surface area (Å²) in [4.78, 5) is 13.1. The molecule has 0 fully saturated rings. The van der Waals surface area contributed by atoms with Crippen LogP contribution in [-0.4, -0.2) is 31.4 Å². The highest BCUT2D eigenvalue weighted by Gasteiger charge is 2.16. The van der Waals surface area contributed by atoms with Gasteiger partial charge in [-0.3, -0.25) is 9.69 Å². The lowest BCUT2D eigenvalue weighted by Crippen LogP contribution is -2.30. The van der Waals surface area contributed by atoms with Crippen LogP contribution in [0.15, 0.2) is 47.1 Å². The van der Waals surface area contributed by atoms with Gasteiger partial charge in [0.25, 0.3) is 0 Å². The maximum absolute atomic E-state index is 11.0. The van der Waals surface area contributed by atoms with E-state index in [9.17, 15) is 4.79 Å². The second kappa shape index (κ2) is 7.06. The van der Waals surface area contributed by atoms with Crippen molar-refractivity contribution in [2.75, 3.05) is 20.6 Å². The van der Waals surface area contributed by atoms with Crippen molar-refractivity contribution in [1.29, 1.82) is 0 Å². The molecule has 1 amide bonds. The highest BCUT2D eigenvalue weighted by Crippen LogP contribution is 2.17. The molecule has 2 rings (SSSR count). The Hall–Kier alpha value is -2.11. The van der Waals surface area contributed by atoms with Crippen molar-refractivity contribution < 1.29 is 9.21 Å². The van der Waals surface area contributed by atoms with Crippen molar-refractivity contribution in [3.05, 3.63) is 59.5 Å². The molecule has 21 heavy (non-hydrogen) atoms. The molecule has 1 atom stereocenters. The largest absolute Gasteiger partial charge is 0.468 e. The van der Waals surface area contributed by atoms with Crippen LogP contribution in [-0.2, 0) is 6.54 Å². The highest BCUT2D eigenvalue weighted by atomic mass is 16.3. The van der Waals surface area contributed by atoms with Crippen LogP contribution < -0.4 is 11.1 Å². The summed E-state index contributed by atoms with van der Waals surface area (Å²) >= 11 is 0. The second-order valence-electron chi connectivity index (χ2n) is 5.19. The Bertz CT molecular complexity index is 562. The zero-order valence-corrected chi connectivity index (χ0v) is 12.4. The van der Waals surface area contributed by atoms with Crippen molar-refractivity contribution in [2.24, 2.45) is 5.73 Å². The maximum atomic E-state index is 11.0. The van der Waals surface area contributed by atoms with Gasteiger partial charge in [0, 0.05) is 18.7 Å². The van der Waals surface area contributed by atoms with Crippen molar-refractivity contribution in [1.82, 2.24) is 10.2 Å². The van der Waals surface area contributed by atoms with Crippen LogP contribution >= 0.6 is 0 Å². The number of rotatable bonds is 7. The standard InChI is InChI=1S/C16H21N3O2/c1-19(2)14(15-4-3-9-21-15)11-18-10-12-5-7-13(8-6-12)16(17)20/h3-9,14,18H,10-11H2,1-2H3,(H2,17,20). The van der Waals surface area contributed by atoms with Gasteiger partial charge in [-0.15, -0.1) is 0 Å². The Kier molecular flexibility index (Phi) is 5.14. The molecule has 5 heteroatoms. The van der Waals surface area contributed by atoms with E-state index in [1.165, 1.54) is 0 Å². The van der Waals surface area contributed by atoms with Gasteiger partial charge in [-0.05, 0) is 43.9 Å². The summed E-state index contributed by atoms with van der Waals surface area (Å²) in [5, 5.41) is 3.40. The first kappa shape index (κ1) is 15.3. The fraction of sp³-hybridized carbons (Fsp3) is 0.312. The van der Waals surface area contributed by atoms with E-state index in [1.54, 1.807) is 18.4 Å². The van der Waals surface area contributed by atoms with E-state index in [4.69, 9.17) is 10.2 Å². The molecule has 112 valence electrons. The molecule has 0 aliphatic rings. The zero-order valence-electron chi connectivity index (χ0n) is 12.4. The van der Waals surface area contributed by atoms with Gasteiger partial charge in [0.1, 0.15) is 5.76 Å². The molecular formula is C16H21N3O2.